The second-order valence-corrected chi connectivity index (χ2v) is 7.20. The lowest BCUT2D eigenvalue weighted by Crippen LogP contribution is -2.41. The van der Waals surface area contributed by atoms with Crippen LogP contribution in [0.2, 0.25) is 0 Å². The molecule has 3 nitrogen and oxygen atoms in total. The van der Waals surface area contributed by atoms with Gasteiger partial charge in [0, 0.05) is 6.42 Å². The van der Waals surface area contributed by atoms with Crippen LogP contribution in [0, 0.1) is 23.2 Å². The van der Waals surface area contributed by atoms with Crippen molar-refractivity contribution < 1.29 is 14.6 Å². The summed E-state index contributed by atoms with van der Waals surface area (Å²) in [7, 11) is 1.46. The van der Waals surface area contributed by atoms with Gasteiger partial charge in [0.05, 0.1) is 13.2 Å². The van der Waals surface area contributed by atoms with Gasteiger partial charge in [0.2, 0.25) is 0 Å². The molecule has 20 heavy (non-hydrogen) atoms. The first-order valence-corrected chi connectivity index (χ1v) is 8.24. The fourth-order valence-electron chi connectivity index (χ4n) is 5.00. The molecule has 2 saturated carbocycles. The minimum Gasteiger partial charge on any atom is -0.469 e. The quantitative estimate of drug-likeness (QED) is 0.784. The van der Waals surface area contributed by atoms with E-state index in [0.29, 0.717) is 29.6 Å². The summed E-state index contributed by atoms with van der Waals surface area (Å²) in [5.41, 5.74) is 0.322. The number of hydrogen-bond donors (Lipinski definition) is 1. The van der Waals surface area contributed by atoms with Crippen molar-refractivity contribution in [2.24, 2.45) is 23.2 Å². The fourth-order valence-corrected chi connectivity index (χ4v) is 5.00. The van der Waals surface area contributed by atoms with Crippen LogP contribution in [-0.2, 0) is 9.53 Å². The molecule has 0 aromatic carbocycles. The van der Waals surface area contributed by atoms with Gasteiger partial charge in [-0.25, -0.2) is 0 Å². The van der Waals surface area contributed by atoms with Crippen LogP contribution >= 0.6 is 0 Å². The molecule has 2 aliphatic carbocycles. The molecule has 0 aliphatic heterocycles. The molecular formula is C17H30O3. The van der Waals surface area contributed by atoms with Crippen molar-refractivity contribution in [2.45, 2.75) is 71.3 Å². The third-order valence-electron chi connectivity index (χ3n) is 6.12. The van der Waals surface area contributed by atoms with Crippen LogP contribution in [0.4, 0.5) is 0 Å². The highest BCUT2D eigenvalue weighted by Gasteiger charge is 2.51. The Balaban J connectivity index is 1.90. The number of hydrogen-bond acceptors (Lipinski definition) is 3. The highest BCUT2D eigenvalue weighted by molar-refractivity contribution is 5.68. The van der Waals surface area contributed by atoms with Crippen molar-refractivity contribution in [3.05, 3.63) is 0 Å². The standard InChI is InChI=1S/C17H30O3/c1-12(6-4-8-16(19)20-3)13-9-10-14-15(18)7-5-11-17(13,14)2/h12-15,18H,4-11H2,1-3H3/t12?,13-,14+,15-,17-/m1/s1. The van der Waals surface area contributed by atoms with Gasteiger partial charge in [0.1, 0.15) is 0 Å². The first-order chi connectivity index (χ1) is 9.49. The number of aliphatic hydroxyl groups excluding tert-OH is 1. The number of carbonyl (C=O) groups is 1. The summed E-state index contributed by atoms with van der Waals surface area (Å²) in [6.45, 7) is 4.73. The van der Waals surface area contributed by atoms with Gasteiger partial charge in [-0.3, -0.25) is 4.79 Å². The van der Waals surface area contributed by atoms with E-state index < -0.39 is 0 Å². The summed E-state index contributed by atoms with van der Waals surface area (Å²) in [5, 5.41) is 10.3. The molecule has 0 saturated heterocycles. The van der Waals surface area contributed by atoms with Crippen LogP contribution in [0.1, 0.15) is 65.2 Å². The van der Waals surface area contributed by atoms with E-state index in [9.17, 15) is 9.90 Å². The maximum absolute atomic E-state index is 11.2. The fraction of sp³-hybridized carbons (Fsp3) is 0.941. The monoisotopic (exact) mass is 282 g/mol. The van der Waals surface area contributed by atoms with E-state index in [1.807, 2.05) is 0 Å². The number of fused-ring (bicyclic) bond motifs is 1. The lowest BCUT2D eigenvalue weighted by Gasteiger charge is -2.45. The zero-order chi connectivity index (χ0) is 14.8. The molecule has 5 atom stereocenters. The average molecular weight is 282 g/mol. The maximum atomic E-state index is 11.2. The number of methoxy groups -OCH3 is 1. The van der Waals surface area contributed by atoms with Crippen LogP contribution in [0.15, 0.2) is 0 Å². The topological polar surface area (TPSA) is 46.5 Å². The van der Waals surface area contributed by atoms with E-state index >= 15 is 0 Å². The predicted octanol–water partition coefficient (Wildman–Crippen LogP) is 3.54. The average Bonchev–Trinajstić information content (AvgIpc) is 2.77. The van der Waals surface area contributed by atoms with Gasteiger partial charge >= 0.3 is 5.97 Å². The van der Waals surface area contributed by atoms with Gasteiger partial charge < -0.3 is 9.84 Å². The van der Waals surface area contributed by atoms with Gasteiger partial charge in [-0.15, -0.1) is 0 Å². The molecule has 3 heteroatoms. The van der Waals surface area contributed by atoms with Crippen molar-refractivity contribution in [3.8, 4) is 0 Å². The Labute approximate surface area is 123 Å². The summed E-state index contributed by atoms with van der Waals surface area (Å²) in [6, 6.07) is 0. The molecule has 116 valence electrons. The Morgan fingerprint density at radius 2 is 2.15 bits per heavy atom. The second kappa shape index (κ2) is 6.46. The highest BCUT2D eigenvalue weighted by atomic mass is 16.5. The first kappa shape index (κ1) is 15.8. The van der Waals surface area contributed by atoms with E-state index in [4.69, 9.17) is 4.74 Å². The zero-order valence-electron chi connectivity index (χ0n) is 13.2. The first-order valence-electron chi connectivity index (χ1n) is 8.24. The van der Waals surface area contributed by atoms with Crippen molar-refractivity contribution in [1.29, 1.82) is 0 Å². The third kappa shape index (κ3) is 3.03. The molecule has 0 heterocycles. The van der Waals surface area contributed by atoms with Gasteiger partial charge in [-0.05, 0) is 61.7 Å². The van der Waals surface area contributed by atoms with Crippen LogP contribution in [0.3, 0.4) is 0 Å². The molecule has 1 N–H and O–H groups in total. The summed E-state index contributed by atoms with van der Waals surface area (Å²) >= 11 is 0. The molecule has 1 unspecified atom stereocenters. The van der Waals surface area contributed by atoms with E-state index in [1.54, 1.807) is 0 Å². The maximum Gasteiger partial charge on any atom is 0.305 e. The zero-order valence-corrected chi connectivity index (χ0v) is 13.2. The summed E-state index contributed by atoms with van der Waals surface area (Å²) in [4.78, 5) is 11.2. The Morgan fingerprint density at radius 1 is 1.40 bits per heavy atom. The van der Waals surface area contributed by atoms with Crippen molar-refractivity contribution in [3.63, 3.8) is 0 Å². The molecule has 0 aromatic heterocycles. The van der Waals surface area contributed by atoms with Crippen LogP contribution in [0.25, 0.3) is 0 Å². The normalized spacial score (nSPS) is 38.3. The highest BCUT2D eigenvalue weighted by Crippen LogP contribution is 2.58. The van der Waals surface area contributed by atoms with E-state index in [1.165, 1.54) is 32.8 Å². The van der Waals surface area contributed by atoms with Crippen molar-refractivity contribution in [2.75, 3.05) is 7.11 Å². The number of aliphatic hydroxyl groups is 1. The summed E-state index contributed by atoms with van der Waals surface area (Å²) in [6.07, 6.45) is 8.33. The minimum absolute atomic E-state index is 0.0824. The molecule has 0 bridgehead atoms. The third-order valence-corrected chi connectivity index (χ3v) is 6.12. The lowest BCUT2D eigenvalue weighted by molar-refractivity contribution is -0.140. The predicted molar refractivity (Wildman–Crippen MR) is 79.2 cm³/mol. The van der Waals surface area contributed by atoms with E-state index in [0.717, 1.165) is 19.3 Å². The van der Waals surface area contributed by atoms with Gasteiger partial charge in [-0.1, -0.05) is 20.3 Å². The summed E-state index contributed by atoms with van der Waals surface area (Å²) in [5.74, 6) is 1.75. The van der Waals surface area contributed by atoms with Crippen molar-refractivity contribution in [1.82, 2.24) is 0 Å². The largest absolute Gasteiger partial charge is 0.469 e. The number of rotatable bonds is 5. The number of carbonyl (C=O) groups excluding carboxylic acids is 1. The van der Waals surface area contributed by atoms with Crippen LogP contribution in [-0.4, -0.2) is 24.3 Å². The minimum atomic E-state index is -0.0965. The molecule has 0 spiro atoms. The van der Waals surface area contributed by atoms with Gasteiger partial charge in [-0.2, -0.15) is 0 Å². The van der Waals surface area contributed by atoms with Crippen LogP contribution < -0.4 is 0 Å². The van der Waals surface area contributed by atoms with Crippen LogP contribution in [0.5, 0.6) is 0 Å². The van der Waals surface area contributed by atoms with Crippen molar-refractivity contribution >= 4 is 5.97 Å². The molecule has 2 rings (SSSR count). The summed E-state index contributed by atoms with van der Waals surface area (Å²) < 4.78 is 4.71. The molecule has 2 fully saturated rings. The molecule has 0 amide bonds. The van der Waals surface area contributed by atoms with Gasteiger partial charge in [0.15, 0.2) is 0 Å². The Hall–Kier alpha value is -0.570. The number of ether oxygens (including phenoxy) is 1. The molecule has 0 radical (unpaired) electrons. The molecule has 0 aromatic rings. The Kier molecular flexibility index (Phi) is 5.11. The molecule has 2 aliphatic rings. The van der Waals surface area contributed by atoms with Gasteiger partial charge in [0.25, 0.3) is 0 Å². The van der Waals surface area contributed by atoms with E-state index in [-0.39, 0.29) is 12.1 Å². The smallest absolute Gasteiger partial charge is 0.305 e. The number of esters is 1. The lowest BCUT2D eigenvalue weighted by atomic mass is 9.61. The Bertz CT molecular complexity index is 341. The molecular weight excluding hydrogens is 252 g/mol. The Morgan fingerprint density at radius 3 is 2.85 bits per heavy atom. The second-order valence-electron chi connectivity index (χ2n) is 7.20. The van der Waals surface area contributed by atoms with E-state index in [2.05, 4.69) is 13.8 Å². The SMILES string of the molecule is COC(=O)CCCC(C)[C@H]1CC[C@H]2[C@H](O)CCC[C@]12C.